The van der Waals surface area contributed by atoms with Gasteiger partial charge in [-0.1, -0.05) is 16.9 Å². The molecular weight excluding hydrogens is 364 g/mol. The van der Waals surface area contributed by atoms with Crippen LogP contribution in [0.15, 0.2) is 34.1 Å². The number of carbonyl (C=O) groups is 1. The summed E-state index contributed by atoms with van der Waals surface area (Å²) >= 11 is 1.31. The highest BCUT2D eigenvalue weighted by Gasteiger charge is 2.19. The first kappa shape index (κ1) is 17.5. The first-order chi connectivity index (χ1) is 12.9. The molecule has 4 rings (SSSR count). The van der Waals surface area contributed by atoms with Crippen LogP contribution in [0.4, 0.5) is 0 Å². The van der Waals surface area contributed by atoms with Crippen LogP contribution < -0.4 is 0 Å². The Hall–Kier alpha value is -2.94. The number of hydrogen-bond donors (Lipinski definition) is 0. The number of nitrogens with zero attached hydrogens (tertiary/aromatic N) is 6. The summed E-state index contributed by atoms with van der Waals surface area (Å²) in [7, 11) is 0. The molecule has 27 heavy (non-hydrogen) atoms. The standard InChI is InChI=1S/C18H18N6O2S/c1-10-7-12(3)24-17(19-10)20-18(21-24)27-9-15(25)14-8-11(2)23(13(14)4)16-5-6-26-22-16/h5-8H,9H2,1-4H3. The van der Waals surface area contributed by atoms with Crippen LogP contribution in [0, 0.1) is 27.7 Å². The van der Waals surface area contributed by atoms with E-state index in [4.69, 9.17) is 4.52 Å². The molecule has 138 valence electrons. The number of rotatable bonds is 5. The van der Waals surface area contributed by atoms with Crippen LogP contribution in [0.2, 0.25) is 0 Å². The van der Waals surface area contributed by atoms with E-state index in [1.54, 1.807) is 10.6 Å². The van der Waals surface area contributed by atoms with Gasteiger partial charge in [-0.15, -0.1) is 5.10 Å². The third-order valence-corrected chi connectivity index (χ3v) is 5.15. The summed E-state index contributed by atoms with van der Waals surface area (Å²) < 4.78 is 8.51. The molecule has 0 aliphatic heterocycles. The van der Waals surface area contributed by atoms with Gasteiger partial charge < -0.3 is 4.52 Å². The Labute approximate surface area is 159 Å². The Morgan fingerprint density at radius 2 is 1.96 bits per heavy atom. The molecular formula is C18H18N6O2S. The highest BCUT2D eigenvalue weighted by molar-refractivity contribution is 7.99. The van der Waals surface area contributed by atoms with Crippen molar-refractivity contribution < 1.29 is 9.32 Å². The lowest BCUT2D eigenvalue weighted by atomic mass is 10.2. The number of hydrogen-bond acceptors (Lipinski definition) is 7. The van der Waals surface area contributed by atoms with Crippen LogP contribution in [0.1, 0.15) is 33.1 Å². The van der Waals surface area contributed by atoms with Gasteiger partial charge in [-0.2, -0.15) is 4.98 Å². The molecule has 0 unspecified atom stereocenters. The number of fused-ring (bicyclic) bond motifs is 1. The maximum Gasteiger partial charge on any atom is 0.253 e. The van der Waals surface area contributed by atoms with Gasteiger partial charge in [0, 0.05) is 34.4 Å². The summed E-state index contributed by atoms with van der Waals surface area (Å²) in [5, 5.41) is 8.92. The second-order valence-electron chi connectivity index (χ2n) is 6.33. The zero-order valence-electron chi connectivity index (χ0n) is 15.4. The van der Waals surface area contributed by atoms with Crippen molar-refractivity contribution >= 4 is 23.3 Å². The monoisotopic (exact) mass is 382 g/mol. The fraction of sp³-hybridized carbons (Fsp3) is 0.278. The van der Waals surface area contributed by atoms with Gasteiger partial charge in [-0.3, -0.25) is 9.36 Å². The molecule has 0 aromatic carbocycles. The van der Waals surface area contributed by atoms with Crippen molar-refractivity contribution in [3.05, 3.63) is 52.8 Å². The summed E-state index contributed by atoms with van der Waals surface area (Å²) in [6, 6.07) is 5.58. The molecule has 0 amide bonds. The summed E-state index contributed by atoms with van der Waals surface area (Å²) in [6.45, 7) is 7.71. The molecule has 0 aliphatic rings. The third kappa shape index (κ3) is 3.14. The average Bonchev–Trinajstić information content (AvgIpc) is 3.32. The highest BCUT2D eigenvalue weighted by atomic mass is 32.2. The van der Waals surface area contributed by atoms with Gasteiger partial charge in [-0.25, -0.2) is 9.50 Å². The van der Waals surface area contributed by atoms with E-state index in [9.17, 15) is 4.79 Å². The molecule has 0 fully saturated rings. The number of Topliss-reactive ketones (excluding diaryl/α,β-unsaturated/α-hetero) is 1. The molecule has 0 saturated heterocycles. The van der Waals surface area contributed by atoms with Crippen molar-refractivity contribution in [2.45, 2.75) is 32.9 Å². The van der Waals surface area contributed by atoms with Crippen molar-refractivity contribution in [1.29, 1.82) is 0 Å². The van der Waals surface area contributed by atoms with Crippen molar-refractivity contribution in [1.82, 2.24) is 29.3 Å². The van der Waals surface area contributed by atoms with E-state index in [1.807, 2.05) is 44.4 Å². The maximum absolute atomic E-state index is 12.8. The minimum absolute atomic E-state index is 0.0163. The Morgan fingerprint density at radius 3 is 2.70 bits per heavy atom. The average molecular weight is 382 g/mol. The first-order valence-electron chi connectivity index (χ1n) is 8.41. The summed E-state index contributed by atoms with van der Waals surface area (Å²) in [4.78, 5) is 21.5. The third-order valence-electron chi connectivity index (χ3n) is 4.32. The molecule has 4 aromatic rings. The maximum atomic E-state index is 12.8. The van der Waals surface area contributed by atoms with Gasteiger partial charge >= 0.3 is 0 Å². The van der Waals surface area contributed by atoms with Crippen LogP contribution in [0.25, 0.3) is 11.6 Å². The Bertz CT molecular complexity index is 1140. The molecule has 0 spiro atoms. The van der Waals surface area contributed by atoms with Gasteiger partial charge in [-0.05, 0) is 39.8 Å². The predicted molar refractivity (Wildman–Crippen MR) is 101 cm³/mol. The summed E-state index contributed by atoms with van der Waals surface area (Å²) in [5.41, 5.74) is 4.27. The lowest BCUT2D eigenvalue weighted by Crippen LogP contribution is -2.06. The summed E-state index contributed by atoms with van der Waals surface area (Å²) in [6.07, 6.45) is 1.51. The second-order valence-corrected chi connectivity index (χ2v) is 7.28. The zero-order chi connectivity index (χ0) is 19.1. The van der Waals surface area contributed by atoms with Crippen LogP contribution in [-0.4, -0.2) is 40.8 Å². The van der Waals surface area contributed by atoms with Crippen molar-refractivity contribution in [2.75, 3.05) is 5.75 Å². The fourth-order valence-corrected chi connectivity index (χ4v) is 3.84. The smallest absolute Gasteiger partial charge is 0.253 e. The van der Waals surface area contributed by atoms with E-state index in [0.29, 0.717) is 22.3 Å². The minimum Gasteiger partial charge on any atom is -0.363 e. The minimum atomic E-state index is 0.0163. The molecule has 0 bridgehead atoms. The Balaban J connectivity index is 1.55. The summed E-state index contributed by atoms with van der Waals surface area (Å²) in [5.74, 6) is 1.47. The van der Waals surface area contributed by atoms with Gasteiger partial charge in [0.25, 0.3) is 5.78 Å². The number of thioether (sulfide) groups is 1. The van der Waals surface area contributed by atoms with Gasteiger partial charge in [0.05, 0.1) is 5.75 Å². The molecule has 0 saturated carbocycles. The van der Waals surface area contributed by atoms with Crippen LogP contribution in [0.5, 0.6) is 0 Å². The van der Waals surface area contributed by atoms with Crippen molar-refractivity contribution in [3.63, 3.8) is 0 Å². The normalized spacial score (nSPS) is 11.4. The SMILES string of the molecule is Cc1cc(C)n2nc(SCC(=O)c3cc(C)n(-c4ccon4)c3C)nc2n1. The number of ketones is 1. The molecule has 0 N–H and O–H groups in total. The molecule has 0 atom stereocenters. The molecule has 4 heterocycles. The van der Waals surface area contributed by atoms with Crippen LogP contribution in [-0.2, 0) is 0 Å². The Morgan fingerprint density at radius 1 is 1.15 bits per heavy atom. The number of aryl methyl sites for hydroxylation is 3. The van der Waals surface area contributed by atoms with E-state index in [-0.39, 0.29) is 11.5 Å². The van der Waals surface area contributed by atoms with Gasteiger partial charge in [0.1, 0.15) is 6.26 Å². The number of carbonyl (C=O) groups excluding carboxylic acids is 1. The van der Waals surface area contributed by atoms with E-state index in [1.165, 1.54) is 18.0 Å². The van der Waals surface area contributed by atoms with E-state index in [2.05, 4.69) is 20.2 Å². The lowest BCUT2D eigenvalue weighted by Gasteiger charge is -2.04. The highest BCUT2D eigenvalue weighted by Crippen LogP contribution is 2.23. The molecule has 0 radical (unpaired) electrons. The number of aromatic nitrogens is 6. The molecule has 4 aromatic heterocycles. The molecule has 9 heteroatoms. The molecule has 0 aliphatic carbocycles. The van der Waals surface area contributed by atoms with Crippen LogP contribution >= 0.6 is 11.8 Å². The van der Waals surface area contributed by atoms with E-state index >= 15 is 0 Å². The van der Waals surface area contributed by atoms with Crippen molar-refractivity contribution in [2.24, 2.45) is 0 Å². The predicted octanol–water partition coefficient (Wildman–Crippen LogP) is 3.11. The lowest BCUT2D eigenvalue weighted by molar-refractivity contribution is 0.102. The van der Waals surface area contributed by atoms with Gasteiger partial charge in [0.2, 0.25) is 5.16 Å². The Kier molecular flexibility index (Phi) is 4.31. The second kappa shape index (κ2) is 6.66. The molecule has 8 nitrogen and oxygen atoms in total. The van der Waals surface area contributed by atoms with Gasteiger partial charge in [0.15, 0.2) is 11.6 Å². The largest absolute Gasteiger partial charge is 0.363 e. The van der Waals surface area contributed by atoms with E-state index < -0.39 is 0 Å². The van der Waals surface area contributed by atoms with E-state index in [0.717, 1.165) is 22.8 Å². The quantitative estimate of drug-likeness (QED) is 0.387. The van der Waals surface area contributed by atoms with Crippen LogP contribution in [0.3, 0.4) is 0 Å². The fourth-order valence-electron chi connectivity index (χ4n) is 3.14. The zero-order valence-corrected chi connectivity index (χ0v) is 16.2. The van der Waals surface area contributed by atoms with Crippen molar-refractivity contribution in [3.8, 4) is 5.82 Å². The topological polar surface area (TPSA) is 91.1 Å². The first-order valence-corrected chi connectivity index (χ1v) is 9.39.